The Morgan fingerprint density at radius 2 is 2.42 bits per heavy atom. The zero-order valence-electron chi connectivity index (χ0n) is 7.02. The smallest absolute Gasteiger partial charge is 0.0942 e. The van der Waals surface area contributed by atoms with E-state index in [0.29, 0.717) is 0 Å². The molecule has 0 bridgehead atoms. The van der Waals surface area contributed by atoms with Gasteiger partial charge in [-0.05, 0) is 12.0 Å². The zero-order valence-corrected chi connectivity index (χ0v) is 7.02. The third-order valence-electron chi connectivity index (χ3n) is 1.61. The average Bonchev–Trinajstić information content (AvgIpc) is 2.51. The molecule has 64 valence electrons. The van der Waals surface area contributed by atoms with Crippen molar-refractivity contribution in [2.24, 2.45) is 5.11 Å². The Morgan fingerprint density at radius 1 is 1.67 bits per heavy atom. The third kappa shape index (κ3) is 1.54. The van der Waals surface area contributed by atoms with Crippen LogP contribution in [0.2, 0.25) is 0 Å². The van der Waals surface area contributed by atoms with Crippen molar-refractivity contribution in [3.63, 3.8) is 0 Å². The fourth-order valence-electron chi connectivity index (χ4n) is 0.988. The highest BCUT2D eigenvalue weighted by Crippen LogP contribution is 2.16. The van der Waals surface area contributed by atoms with Crippen LogP contribution in [0, 0.1) is 0 Å². The van der Waals surface area contributed by atoms with Crippen molar-refractivity contribution >= 4 is 0 Å². The number of nitrogens with one attached hydrogen (secondary N) is 1. The van der Waals surface area contributed by atoms with Crippen LogP contribution in [0.15, 0.2) is 5.11 Å². The number of aromatic nitrogens is 3. The molecular weight excluding hydrogens is 156 g/mol. The predicted molar refractivity (Wildman–Crippen MR) is 43.3 cm³/mol. The molecule has 1 aromatic heterocycles. The summed E-state index contributed by atoms with van der Waals surface area (Å²) >= 11 is 0. The van der Waals surface area contributed by atoms with Gasteiger partial charge < -0.3 is 0 Å². The van der Waals surface area contributed by atoms with Crippen molar-refractivity contribution in [2.75, 3.05) is 0 Å². The molecule has 1 atom stereocenters. The number of hydrogen-bond donors (Lipinski definition) is 1. The monoisotopic (exact) mass is 166 g/mol. The quantitative estimate of drug-likeness (QED) is 0.421. The van der Waals surface area contributed by atoms with Crippen molar-refractivity contribution in [2.45, 2.75) is 26.3 Å². The van der Waals surface area contributed by atoms with E-state index in [1.807, 2.05) is 6.92 Å². The van der Waals surface area contributed by atoms with E-state index in [1.54, 1.807) is 6.92 Å². The van der Waals surface area contributed by atoms with E-state index < -0.39 is 0 Å². The summed E-state index contributed by atoms with van der Waals surface area (Å²) in [5, 5.41) is 13.9. The first kappa shape index (κ1) is 8.55. The van der Waals surface area contributed by atoms with Gasteiger partial charge >= 0.3 is 0 Å². The first-order valence-electron chi connectivity index (χ1n) is 3.73. The summed E-state index contributed by atoms with van der Waals surface area (Å²) in [4.78, 5) is 2.71. The number of azide groups is 1. The van der Waals surface area contributed by atoms with E-state index in [9.17, 15) is 0 Å². The Morgan fingerprint density at radius 3 is 3.00 bits per heavy atom. The number of nitrogens with zero attached hydrogens (tertiary/aromatic N) is 5. The van der Waals surface area contributed by atoms with Crippen molar-refractivity contribution in [1.82, 2.24) is 15.4 Å². The fraction of sp³-hybridized carbons (Fsp3) is 0.667. The maximum absolute atomic E-state index is 8.20. The number of hydrogen-bond acceptors (Lipinski definition) is 3. The van der Waals surface area contributed by atoms with Crippen LogP contribution in [0.1, 0.15) is 31.3 Å². The van der Waals surface area contributed by atoms with Gasteiger partial charge in [-0.3, -0.25) is 0 Å². The van der Waals surface area contributed by atoms with Crippen LogP contribution in [0.25, 0.3) is 10.4 Å². The Labute approximate surface area is 69.6 Å². The van der Waals surface area contributed by atoms with Crippen LogP contribution >= 0.6 is 0 Å². The molecule has 1 rings (SSSR count). The largest absolute Gasteiger partial charge is 0.197 e. The average molecular weight is 166 g/mol. The molecule has 0 fully saturated rings. The predicted octanol–water partition coefficient (Wildman–Crippen LogP) is 1.74. The molecule has 0 radical (unpaired) electrons. The second kappa shape index (κ2) is 3.73. The summed E-state index contributed by atoms with van der Waals surface area (Å²) in [6.07, 6.45) is 0.789. The van der Waals surface area contributed by atoms with E-state index in [1.165, 1.54) is 0 Å². The Bertz CT molecular complexity index is 297. The van der Waals surface area contributed by atoms with E-state index in [-0.39, 0.29) is 6.04 Å². The molecule has 0 aliphatic carbocycles. The highest BCUT2D eigenvalue weighted by atomic mass is 15.3. The summed E-state index contributed by atoms with van der Waals surface area (Å²) < 4.78 is 0. The van der Waals surface area contributed by atoms with Gasteiger partial charge in [-0.25, -0.2) is 0 Å². The van der Waals surface area contributed by atoms with Gasteiger partial charge in [0.1, 0.15) is 0 Å². The highest BCUT2D eigenvalue weighted by Gasteiger charge is 2.11. The maximum atomic E-state index is 8.20. The number of aryl methyl sites for hydroxylation is 1. The minimum absolute atomic E-state index is 0.247. The van der Waals surface area contributed by atoms with Gasteiger partial charge in [0.15, 0.2) is 0 Å². The molecule has 6 heteroatoms. The molecule has 0 spiro atoms. The Kier molecular flexibility index (Phi) is 2.66. The summed E-state index contributed by atoms with van der Waals surface area (Å²) in [5.41, 5.74) is 9.79. The molecule has 1 heterocycles. The Hall–Kier alpha value is -1.55. The number of rotatable bonds is 3. The van der Waals surface area contributed by atoms with E-state index in [0.717, 1.165) is 17.8 Å². The second-order valence-electron chi connectivity index (χ2n) is 2.39. The van der Waals surface area contributed by atoms with Gasteiger partial charge in [0.25, 0.3) is 0 Å². The third-order valence-corrected chi connectivity index (χ3v) is 1.61. The lowest BCUT2D eigenvalue weighted by Gasteiger charge is -1.99. The molecule has 1 unspecified atom stereocenters. The molecule has 0 aliphatic rings. The van der Waals surface area contributed by atoms with Gasteiger partial charge in [0, 0.05) is 4.91 Å². The van der Waals surface area contributed by atoms with Crippen LogP contribution in [-0.4, -0.2) is 15.4 Å². The van der Waals surface area contributed by atoms with Crippen molar-refractivity contribution in [3.8, 4) is 0 Å². The topological polar surface area (TPSA) is 90.3 Å². The van der Waals surface area contributed by atoms with Crippen LogP contribution in [0.5, 0.6) is 0 Å². The first-order chi connectivity index (χ1) is 5.79. The molecule has 0 aromatic carbocycles. The van der Waals surface area contributed by atoms with Crippen LogP contribution in [-0.2, 0) is 6.42 Å². The van der Waals surface area contributed by atoms with E-state index in [4.69, 9.17) is 5.53 Å². The minimum atomic E-state index is -0.247. The summed E-state index contributed by atoms with van der Waals surface area (Å²) in [7, 11) is 0. The minimum Gasteiger partial charge on any atom is -0.197 e. The van der Waals surface area contributed by atoms with Gasteiger partial charge in [0.2, 0.25) is 0 Å². The van der Waals surface area contributed by atoms with Crippen LogP contribution in [0.3, 0.4) is 0 Å². The van der Waals surface area contributed by atoms with Crippen molar-refractivity contribution in [3.05, 3.63) is 21.8 Å². The zero-order chi connectivity index (χ0) is 8.97. The molecule has 6 nitrogen and oxygen atoms in total. The molecule has 0 saturated carbocycles. The second-order valence-corrected chi connectivity index (χ2v) is 2.39. The summed E-state index contributed by atoms with van der Waals surface area (Å²) in [5.74, 6) is 0. The molecule has 0 saturated heterocycles. The van der Waals surface area contributed by atoms with Gasteiger partial charge in [-0.2, -0.15) is 15.4 Å². The van der Waals surface area contributed by atoms with Gasteiger partial charge in [-0.1, -0.05) is 19.0 Å². The van der Waals surface area contributed by atoms with Crippen LogP contribution < -0.4 is 0 Å². The lowest BCUT2D eigenvalue weighted by atomic mass is 10.2. The summed E-state index contributed by atoms with van der Waals surface area (Å²) in [6, 6.07) is -0.247. The SMILES string of the molecule is CCc1n[nH]nc1C(C)N=[N+]=[N-]. The van der Waals surface area contributed by atoms with Crippen LogP contribution in [0.4, 0.5) is 0 Å². The molecule has 12 heavy (non-hydrogen) atoms. The fourth-order valence-corrected chi connectivity index (χ4v) is 0.988. The lowest BCUT2D eigenvalue weighted by molar-refractivity contribution is 0.753. The van der Waals surface area contributed by atoms with Crippen molar-refractivity contribution < 1.29 is 0 Å². The Balaban J connectivity index is 2.92. The van der Waals surface area contributed by atoms with Crippen molar-refractivity contribution in [1.29, 1.82) is 0 Å². The molecule has 0 amide bonds. The highest BCUT2D eigenvalue weighted by molar-refractivity contribution is 5.12. The molecule has 0 aliphatic heterocycles. The molecular formula is C6H10N6. The molecule has 1 N–H and O–H groups in total. The number of H-pyrrole nitrogens is 1. The molecule has 1 aromatic rings. The lowest BCUT2D eigenvalue weighted by Crippen LogP contribution is -1.94. The van der Waals surface area contributed by atoms with E-state index >= 15 is 0 Å². The van der Waals surface area contributed by atoms with Gasteiger partial charge in [0.05, 0.1) is 17.4 Å². The van der Waals surface area contributed by atoms with E-state index in [2.05, 4.69) is 25.4 Å². The maximum Gasteiger partial charge on any atom is 0.0942 e. The standard InChI is InChI=1S/C6H10N6/c1-3-5-6(10-12-9-5)4(2)8-11-7/h4H,3H2,1-2H3,(H,9,10,12). The number of aromatic amines is 1. The normalized spacial score (nSPS) is 12.2. The summed E-state index contributed by atoms with van der Waals surface area (Å²) in [6.45, 7) is 3.76. The first-order valence-corrected chi connectivity index (χ1v) is 3.73. The van der Waals surface area contributed by atoms with Gasteiger partial charge in [-0.15, -0.1) is 0 Å².